The number of rotatable bonds is 13. The molecular formula is C44H62F2N2O9. The predicted octanol–water partition coefficient (Wildman–Crippen LogP) is 7.03. The highest BCUT2D eigenvalue weighted by Gasteiger charge is 2.60. The molecule has 3 unspecified atom stereocenters. The lowest BCUT2D eigenvalue weighted by molar-refractivity contribution is -0.165. The van der Waals surface area contributed by atoms with Crippen LogP contribution in [0.15, 0.2) is 12.1 Å². The van der Waals surface area contributed by atoms with Gasteiger partial charge in [0.05, 0.1) is 6.54 Å². The van der Waals surface area contributed by atoms with E-state index in [-0.39, 0.29) is 36.7 Å². The molecule has 2 amide bonds. The van der Waals surface area contributed by atoms with Gasteiger partial charge in [-0.3, -0.25) is 24.0 Å². The second-order valence-electron chi connectivity index (χ2n) is 18.2. The van der Waals surface area contributed by atoms with E-state index in [0.717, 1.165) is 56.9 Å². The van der Waals surface area contributed by atoms with Crippen molar-refractivity contribution in [2.24, 2.45) is 46.3 Å². The molecular weight excluding hydrogens is 738 g/mol. The number of hydrogen-bond acceptors (Lipinski definition) is 9. The van der Waals surface area contributed by atoms with Gasteiger partial charge in [0.1, 0.15) is 30.4 Å². The van der Waals surface area contributed by atoms with Crippen molar-refractivity contribution in [3.63, 3.8) is 0 Å². The summed E-state index contributed by atoms with van der Waals surface area (Å²) in [7, 11) is 0. The van der Waals surface area contributed by atoms with Gasteiger partial charge in [-0.25, -0.2) is 8.78 Å². The van der Waals surface area contributed by atoms with Crippen molar-refractivity contribution in [3.05, 3.63) is 34.9 Å². The summed E-state index contributed by atoms with van der Waals surface area (Å²) in [5.41, 5.74) is 0.503. The van der Waals surface area contributed by atoms with E-state index in [9.17, 15) is 24.0 Å². The summed E-state index contributed by atoms with van der Waals surface area (Å²) >= 11 is 0. The Labute approximate surface area is 335 Å². The molecule has 5 fully saturated rings. The Balaban J connectivity index is 1.00. The maximum absolute atomic E-state index is 15.3. The number of carbonyl (C=O) groups is 5. The summed E-state index contributed by atoms with van der Waals surface area (Å²) in [5, 5.41) is 5.27. The van der Waals surface area contributed by atoms with E-state index >= 15 is 8.78 Å². The first kappa shape index (κ1) is 43.0. The normalized spacial score (nSPS) is 34.8. The van der Waals surface area contributed by atoms with E-state index in [0.29, 0.717) is 35.2 Å². The number of halogens is 2. The Morgan fingerprint density at radius 1 is 0.807 bits per heavy atom. The largest absolute Gasteiger partial charge is 0.463 e. The van der Waals surface area contributed by atoms with E-state index in [4.69, 9.17) is 18.9 Å². The molecule has 0 aromatic heterocycles. The van der Waals surface area contributed by atoms with Crippen molar-refractivity contribution in [2.75, 3.05) is 13.2 Å². The summed E-state index contributed by atoms with van der Waals surface area (Å²) in [6.07, 6.45) is 9.44. The molecule has 1 heterocycles. The van der Waals surface area contributed by atoms with Gasteiger partial charge >= 0.3 is 17.9 Å². The fourth-order valence-corrected chi connectivity index (χ4v) is 12.3. The average Bonchev–Trinajstić information content (AvgIpc) is 3.67. The number of amides is 2. The number of fused-ring (bicyclic) bond motifs is 5. The van der Waals surface area contributed by atoms with Crippen molar-refractivity contribution < 1.29 is 51.7 Å². The molecule has 1 aromatic carbocycles. The van der Waals surface area contributed by atoms with Gasteiger partial charge in [0.25, 0.3) is 0 Å². The van der Waals surface area contributed by atoms with Gasteiger partial charge < -0.3 is 29.6 Å². The van der Waals surface area contributed by atoms with Crippen LogP contribution in [0.5, 0.6) is 0 Å². The summed E-state index contributed by atoms with van der Waals surface area (Å²) in [6.45, 7) is 9.80. The SMILES string of the molecule is CC(=O)OC[C@H]1O[C@@H](c2cc(CNC(=O)CNC(=O)CC[C@@H](C)C3CC[C@@H]4C5CC[C@H]6CCCC[C@@]6(C)[C@@H]5CC[C@@]34C)c(F)cc2F)[C@@H](OC(C)=O)C1OC(C)=O. The van der Waals surface area contributed by atoms with Crippen LogP contribution in [0.25, 0.3) is 0 Å². The van der Waals surface area contributed by atoms with E-state index in [1.807, 2.05) is 0 Å². The maximum Gasteiger partial charge on any atom is 0.303 e. The summed E-state index contributed by atoms with van der Waals surface area (Å²) in [4.78, 5) is 61.2. The molecule has 13 heteroatoms. The van der Waals surface area contributed by atoms with Crippen molar-refractivity contribution in [3.8, 4) is 0 Å². The topological polar surface area (TPSA) is 146 Å². The first-order valence-electron chi connectivity index (χ1n) is 21.2. The maximum atomic E-state index is 15.3. The van der Waals surface area contributed by atoms with Gasteiger partial charge in [0.2, 0.25) is 11.8 Å². The molecule has 0 spiro atoms. The zero-order chi connectivity index (χ0) is 41.2. The molecule has 1 aromatic rings. The number of carbonyl (C=O) groups excluding carboxylic acids is 5. The number of benzene rings is 1. The summed E-state index contributed by atoms with van der Waals surface area (Å²) < 4.78 is 52.0. The summed E-state index contributed by atoms with van der Waals surface area (Å²) in [5.74, 6) is -0.599. The standard InChI is InChI=1S/C44H62F2N2O9/c1-24(32-13-14-33-30-12-11-29-9-7-8-17-43(29,5)34(30)16-18-44(32,33)6)10-15-38(52)48-22-39(53)47-21-28-19-31(36(46)20-35(28)45)40-42(56-27(4)51)41(55-26(3)50)37(57-40)23-54-25(2)49/h19-20,24,29-30,32-34,37,40-42H,7-18,21-23H2,1-6H3,(H,47,53)(H,48,52)/t24-,29-,30?,32?,33-,34-,37-,40+,41?,42-,43-,44+/m1/s1. The second-order valence-corrected chi connectivity index (χ2v) is 18.2. The molecule has 1 aliphatic heterocycles. The first-order valence-corrected chi connectivity index (χ1v) is 21.2. The molecule has 11 nitrogen and oxygen atoms in total. The van der Waals surface area contributed by atoms with Crippen LogP contribution < -0.4 is 10.6 Å². The molecule has 57 heavy (non-hydrogen) atoms. The molecule has 0 bridgehead atoms. The van der Waals surface area contributed by atoms with E-state index in [1.54, 1.807) is 0 Å². The van der Waals surface area contributed by atoms with Gasteiger partial charge in [-0.15, -0.1) is 0 Å². The molecule has 12 atom stereocenters. The molecule has 5 aliphatic rings. The van der Waals surface area contributed by atoms with E-state index in [2.05, 4.69) is 31.4 Å². The van der Waals surface area contributed by atoms with Crippen molar-refractivity contribution in [1.82, 2.24) is 10.6 Å². The fraction of sp³-hybridized carbons (Fsp3) is 0.750. The minimum Gasteiger partial charge on any atom is -0.463 e. The Hall–Kier alpha value is -3.61. The van der Waals surface area contributed by atoms with Gasteiger partial charge in [-0.05, 0) is 110 Å². The Morgan fingerprint density at radius 3 is 2.25 bits per heavy atom. The van der Waals surface area contributed by atoms with Gasteiger partial charge in [0, 0.05) is 50.9 Å². The Bertz CT molecular complexity index is 1690. The monoisotopic (exact) mass is 800 g/mol. The van der Waals surface area contributed by atoms with Crippen LogP contribution in [0.2, 0.25) is 0 Å². The Kier molecular flexibility index (Phi) is 13.4. The molecule has 2 N–H and O–H groups in total. The van der Waals surface area contributed by atoms with Crippen LogP contribution in [0.4, 0.5) is 8.78 Å². The first-order chi connectivity index (χ1) is 27.0. The predicted molar refractivity (Wildman–Crippen MR) is 205 cm³/mol. The molecule has 6 rings (SSSR count). The van der Waals surface area contributed by atoms with Crippen LogP contribution in [-0.2, 0) is 49.5 Å². The van der Waals surface area contributed by atoms with Gasteiger partial charge in [-0.1, -0.05) is 33.6 Å². The second kappa shape index (κ2) is 17.7. The van der Waals surface area contributed by atoms with E-state index < -0.39 is 59.9 Å². The molecule has 0 radical (unpaired) electrons. The van der Waals surface area contributed by atoms with Crippen LogP contribution in [0.3, 0.4) is 0 Å². The molecule has 1 saturated heterocycles. The van der Waals surface area contributed by atoms with Crippen molar-refractivity contribution >= 4 is 29.7 Å². The average molecular weight is 801 g/mol. The summed E-state index contributed by atoms with van der Waals surface area (Å²) in [6, 6.07) is 1.75. The number of nitrogens with one attached hydrogen (secondary N) is 2. The lowest BCUT2D eigenvalue weighted by atomic mass is 9.44. The number of hydrogen-bond donors (Lipinski definition) is 2. The van der Waals surface area contributed by atoms with E-state index in [1.165, 1.54) is 64.2 Å². The highest BCUT2D eigenvalue weighted by atomic mass is 19.1. The third-order valence-electron chi connectivity index (χ3n) is 14.9. The zero-order valence-electron chi connectivity index (χ0n) is 34.5. The quantitative estimate of drug-likeness (QED) is 0.159. The van der Waals surface area contributed by atoms with Gasteiger partial charge in [-0.2, -0.15) is 0 Å². The number of esters is 3. The Morgan fingerprint density at radius 2 is 1.53 bits per heavy atom. The van der Waals surface area contributed by atoms with Crippen LogP contribution in [0.1, 0.15) is 136 Å². The molecule has 316 valence electrons. The highest BCUT2D eigenvalue weighted by molar-refractivity contribution is 5.84. The minimum atomic E-state index is -1.37. The number of ether oxygens (including phenoxy) is 4. The van der Waals surface area contributed by atoms with Crippen molar-refractivity contribution in [1.29, 1.82) is 0 Å². The van der Waals surface area contributed by atoms with Crippen LogP contribution >= 0.6 is 0 Å². The zero-order valence-corrected chi connectivity index (χ0v) is 34.5. The lowest BCUT2D eigenvalue weighted by Crippen LogP contribution is -2.53. The fourth-order valence-electron chi connectivity index (χ4n) is 12.3. The van der Waals surface area contributed by atoms with Gasteiger partial charge in [0.15, 0.2) is 12.2 Å². The third kappa shape index (κ3) is 9.18. The minimum absolute atomic E-state index is 0.101. The lowest BCUT2D eigenvalue weighted by Gasteiger charge is -2.61. The van der Waals surface area contributed by atoms with Crippen LogP contribution in [0, 0.1) is 58.0 Å². The smallest absolute Gasteiger partial charge is 0.303 e. The molecule has 4 saturated carbocycles. The van der Waals surface area contributed by atoms with Crippen molar-refractivity contribution in [2.45, 2.75) is 150 Å². The molecule has 4 aliphatic carbocycles. The van der Waals surface area contributed by atoms with Crippen LogP contribution in [-0.4, -0.2) is 61.2 Å². The highest BCUT2D eigenvalue weighted by Crippen LogP contribution is 2.68. The third-order valence-corrected chi connectivity index (χ3v) is 14.9.